The fourth-order valence-electron chi connectivity index (χ4n) is 7.31. The Morgan fingerprint density at radius 2 is 0.877 bits per heavy atom. The maximum atomic E-state index is 12.4. The highest BCUT2D eigenvalue weighted by atomic mass is 16.5. The lowest BCUT2D eigenvalue weighted by atomic mass is 10.0. The number of unbranched alkanes of at least 4 members (excludes halogenated alkanes) is 28. The van der Waals surface area contributed by atoms with Gasteiger partial charge in [-0.05, 0) is 83.5 Å². The monoisotopic (exact) mass is 802 g/mol. The zero-order valence-electron chi connectivity index (χ0n) is 37.8. The molecule has 0 aliphatic heterocycles. The van der Waals surface area contributed by atoms with Gasteiger partial charge >= 0.3 is 5.97 Å². The summed E-state index contributed by atoms with van der Waals surface area (Å²) in [6, 6.07) is -0.561. The Labute approximate surface area is 353 Å². The van der Waals surface area contributed by atoms with Crippen LogP contribution in [0.2, 0.25) is 0 Å². The van der Waals surface area contributed by atoms with Gasteiger partial charge in [0.1, 0.15) is 0 Å². The number of esters is 1. The van der Waals surface area contributed by atoms with Crippen LogP contribution in [0, 0.1) is 0 Å². The van der Waals surface area contributed by atoms with Gasteiger partial charge in [-0.1, -0.05) is 192 Å². The number of nitrogens with one attached hydrogen (secondary N) is 1. The third-order valence-corrected chi connectivity index (χ3v) is 11.2. The lowest BCUT2D eigenvalue weighted by Crippen LogP contribution is -2.45. The first kappa shape index (κ1) is 55.1. The summed E-state index contributed by atoms with van der Waals surface area (Å²) in [5, 5.41) is 23.1. The van der Waals surface area contributed by atoms with Gasteiger partial charge in [0.25, 0.3) is 0 Å². The van der Waals surface area contributed by atoms with Crippen LogP contribution in [0.5, 0.6) is 0 Å². The van der Waals surface area contributed by atoms with Gasteiger partial charge in [0.2, 0.25) is 5.91 Å². The molecule has 2 atom stereocenters. The number of aliphatic hydroxyl groups excluding tert-OH is 2. The van der Waals surface area contributed by atoms with E-state index in [2.05, 4.69) is 55.6 Å². The van der Waals surface area contributed by atoms with E-state index in [-0.39, 0.29) is 18.5 Å². The third-order valence-electron chi connectivity index (χ3n) is 11.2. The van der Waals surface area contributed by atoms with Crippen LogP contribution < -0.4 is 5.32 Å². The zero-order valence-corrected chi connectivity index (χ0v) is 37.8. The van der Waals surface area contributed by atoms with E-state index in [4.69, 9.17) is 4.74 Å². The molecule has 0 rings (SSSR count). The molecule has 6 nitrogen and oxygen atoms in total. The highest BCUT2D eigenvalue weighted by molar-refractivity contribution is 5.76. The molecule has 57 heavy (non-hydrogen) atoms. The van der Waals surface area contributed by atoms with Crippen molar-refractivity contribution in [3.05, 3.63) is 36.5 Å². The van der Waals surface area contributed by atoms with Crippen molar-refractivity contribution < 1.29 is 24.5 Å². The fraction of sp³-hybridized carbons (Fsp3) is 0.843. The van der Waals surface area contributed by atoms with Crippen molar-refractivity contribution in [3.8, 4) is 0 Å². The molecule has 0 saturated carbocycles. The van der Waals surface area contributed by atoms with E-state index >= 15 is 0 Å². The van der Waals surface area contributed by atoms with Crippen molar-refractivity contribution in [1.29, 1.82) is 0 Å². The average Bonchev–Trinajstić information content (AvgIpc) is 3.21. The molecule has 334 valence electrons. The number of carbonyl (C=O) groups is 2. The Bertz CT molecular complexity index is 931. The van der Waals surface area contributed by atoms with Gasteiger partial charge in [-0.3, -0.25) is 9.59 Å². The molecule has 6 heteroatoms. The molecular formula is C51H95NO5. The Morgan fingerprint density at radius 1 is 0.491 bits per heavy atom. The largest absolute Gasteiger partial charge is 0.466 e. The van der Waals surface area contributed by atoms with Crippen molar-refractivity contribution in [3.63, 3.8) is 0 Å². The predicted molar refractivity (Wildman–Crippen MR) is 246 cm³/mol. The predicted octanol–water partition coefficient (Wildman–Crippen LogP) is 14.5. The highest BCUT2D eigenvalue weighted by Gasteiger charge is 2.20. The van der Waals surface area contributed by atoms with Gasteiger partial charge in [-0.25, -0.2) is 0 Å². The minimum absolute atomic E-state index is 0.0359. The summed E-state index contributed by atoms with van der Waals surface area (Å²) in [7, 11) is 0. The van der Waals surface area contributed by atoms with Gasteiger partial charge < -0.3 is 20.3 Å². The summed E-state index contributed by atoms with van der Waals surface area (Å²) >= 11 is 0. The van der Waals surface area contributed by atoms with E-state index < -0.39 is 12.1 Å². The molecule has 1 amide bonds. The SMILES string of the molecule is CCCCC/C=C\C/C=C\CCCCCCCCCCCC(=O)OCCCC/C=C\CCCCCCCC(=O)NC(CO)C(O)CCCCCCCCCCCC. The Kier molecular flexibility index (Phi) is 45.2. The van der Waals surface area contributed by atoms with Gasteiger partial charge in [0.05, 0.1) is 25.4 Å². The summed E-state index contributed by atoms with van der Waals surface area (Å²) < 4.78 is 5.44. The maximum absolute atomic E-state index is 12.4. The smallest absolute Gasteiger partial charge is 0.305 e. The molecule has 0 aliphatic rings. The number of hydrogen-bond donors (Lipinski definition) is 3. The number of rotatable bonds is 45. The number of amides is 1. The van der Waals surface area contributed by atoms with E-state index in [1.807, 2.05) is 0 Å². The number of carbonyl (C=O) groups excluding carboxylic acids is 2. The van der Waals surface area contributed by atoms with Crippen molar-refractivity contribution in [1.82, 2.24) is 5.32 Å². The normalized spacial score (nSPS) is 13.0. The minimum Gasteiger partial charge on any atom is -0.466 e. The van der Waals surface area contributed by atoms with Crippen LogP contribution in [0.1, 0.15) is 251 Å². The lowest BCUT2D eigenvalue weighted by molar-refractivity contribution is -0.143. The standard InChI is InChI=1S/C51H95NO5/c1-3-5-7-9-11-13-15-16-17-18-19-20-21-22-25-29-33-37-41-45-51(56)57-46-42-38-34-30-26-23-24-28-32-36-40-44-50(55)52-48(47-53)49(54)43-39-35-31-27-14-12-10-8-6-4-2/h11,13,16-17,26,30,48-49,53-54H,3-10,12,14-15,18-25,27-29,31-47H2,1-2H3,(H,52,55)/b13-11-,17-16-,30-26-. The molecule has 0 radical (unpaired) electrons. The number of hydrogen-bond acceptors (Lipinski definition) is 5. The molecule has 0 aromatic carbocycles. The van der Waals surface area contributed by atoms with E-state index in [1.165, 1.54) is 128 Å². The Hall–Kier alpha value is -1.92. The maximum Gasteiger partial charge on any atom is 0.305 e. The molecule has 0 fully saturated rings. The molecular weight excluding hydrogens is 707 g/mol. The van der Waals surface area contributed by atoms with Crippen LogP contribution in [0.3, 0.4) is 0 Å². The summed E-state index contributed by atoms with van der Waals surface area (Å²) in [6.07, 6.45) is 55.4. The molecule has 3 N–H and O–H groups in total. The van der Waals surface area contributed by atoms with Crippen molar-refractivity contribution in [2.45, 2.75) is 264 Å². The lowest BCUT2D eigenvalue weighted by Gasteiger charge is -2.22. The highest BCUT2D eigenvalue weighted by Crippen LogP contribution is 2.15. The Balaban J connectivity index is 3.49. The topological polar surface area (TPSA) is 95.9 Å². The molecule has 0 aromatic heterocycles. The van der Waals surface area contributed by atoms with Crippen LogP contribution in [0.4, 0.5) is 0 Å². The van der Waals surface area contributed by atoms with Gasteiger partial charge in [-0.2, -0.15) is 0 Å². The summed E-state index contributed by atoms with van der Waals surface area (Å²) in [4.78, 5) is 24.4. The van der Waals surface area contributed by atoms with Crippen molar-refractivity contribution in [2.75, 3.05) is 13.2 Å². The quantitative estimate of drug-likeness (QED) is 0.0324. The van der Waals surface area contributed by atoms with Gasteiger partial charge in [0, 0.05) is 12.8 Å². The van der Waals surface area contributed by atoms with Crippen LogP contribution in [0.15, 0.2) is 36.5 Å². The molecule has 0 heterocycles. The minimum atomic E-state index is -0.681. The van der Waals surface area contributed by atoms with Crippen LogP contribution in [-0.4, -0.2) is 47.4 Å². The first-order valence-electron chi connectivity index (χ1n) is 24.7. The van der Waals surface area contributed by atoms with E-state index in [1.54, 1.807) is 0 Å². The zero-order chi connectivity index (χ0) is 41.5. The van der Waals surface area contributed by atoms with Crippen molar-refractivity contribution >= 4 is 11.9 Å². The van der Waals surface area contributed by atoms with Gasteiger partial charge in [0.15, 0.2) is 0 Å². The van der Waals surface area contributed by atoms with Crippen molar-refractivity contribution in [2.24, 2.45) is 0 Å². The second-order valence-electron chi connectivity index (χ2n) is 16.8. The second-order valence-corrected chi connectivity index (χ2v) is 16.8. The first-order valence-corrected chi connectivity index (χ1v) is 24.7. The number of allylic oxidation sites excluding steroid dienone is 6. The van der Waals surface area contributed by atoms with Crippen LogP contribution in [0.25, 0.3) is 0 Å². The third kappa shape index (κ3) is 43.5. The van der Waals surface area contributed by atoms with Crippen LogP contribution in [-0.2, 0) is 14.3 Å². The second kappa shape index (κ2) is 46.8. The van der Waals surface area contributed by atoms with Gasteiger partial charge in [-0.15, -0.1) is 0 Å². The summed E-state index contributed by atoms with van der Waals surface area (Å²) in [5.41, 5.74) is 0. The average molecular weight is 802 g/mol. The molecule has 0 aliphatic carbocycles. The number of ether oxygens (including phenoxy) is 1. The fourth-order valence-corrected chi connectivity index (χ4v) is 7.31. The molecule has 2 unspecified atom stereocenters. The summed E-state index contributed by atoms with van der Waals surface area (Å²) in [6.45, 7) is 4.82. The molecule has 0 aromatic rings. The molecule has 0 bridgehead atoms. The molecule has 0 spiro atoms. The summed E-state index contributed by atoms with van der Waals surface area (Å²) in [5.74, 6) is -0.103. The molecule has 0 saturated heterocycles. The Morgan fingerprint density at radius 3 is 1.39 bits per heavy atom. The van der Waals surface area contributed by atoms with E-state index in [0.717, 1.165) is 89.9 Å². The number of aliphatic hydroxyl groups is 2. The van der Waals surface area contributed by atoms with Crippen LogP contribution >= 0.6 is 0 Å². The van der Waals surface area contributed by atoms with E-state index in [9.17, 15) is 19.8 Å². The first-order chi connectivity index (χ1) is 28.0. The van der Waals surface area contributed by atoms with E-state index in [0.29, 0.717) is 25.9 Å².